The topological polar surface area (TPSA) is 53.3 Å². The smallest absolute Gasteiger partial charge is 0.135 e. The van der Waals surface area contributed by atoms with Crippen LogP contribution in [0.5, 0.6) is 0 Å². The number of hydrogen-bond acceptors (Lipinski definition) is 4. The molecular formula is C19H25ClN2O2. The van der Waals surface area contributed by atoms with E-state index in [0.717, 1.165) is 18.4 Å². The van der Waals surface area contributed by atoms with E-state index >= 15 is 0 Å². The summed E-state index contributed by atoms with van der Waals surface area (Å²) in [5, 5.41) is 10.7. The normalized spacial score (nSPS) is 17.9. The first kappa shape index (κ1) is 18.9. The van der Waals surface area contributed by atoms with Crippen molar-refractivity contribution in [2.45, 2.75) is 44.6 Å². The molecule has 2 rings (SSSR count). The van der Waals surface area contributed by atoms with Gasteiger partial charge in [-0.25, -0.2) is 0 Å². The summed E-state index contributed by atoms with van der Waals surface area (Å²) in [5.41, 5.74) is 0.0407. The highest BCUT2D eigenvalue weighted by Gasteiger charge is 2.40. The van der Waals surface area contributed by atoms with Crippen molar-refractivity contribution >= 4 is 17.4 Å². The number of halogens is 1. The Morgan fingerprint density at radius 2 is 2.12 bits per heavy atom. The molecule has 4 nitrogen and oxygen atoms in total. The molecule has 1 aromatic rings. The molecule has 1 saturated heterocycles. The van der Waals surface area contributed by atoms with Gasteiger partial charge in [-0.2, -0.15) is 5.26 Å². The number of nitriles is 1. The minimum atomic E-state index is -0.823. The van der Waals surface area contributed by atoms with Crippen LogP contribution in [-0.4, -0.2) is 37.0 Å². The molecular weight excluding hydrogens is 324 g/mol. The van der Waals surface area contributed by atoms with Gasteiger partial charge in [0.05, 0.1) is 19.3 Å². The number of benzene rings is 1. The van der Waals surface area contributed by atoms with Gasteiger partial charge < -0.3 is 4.74 Å². The highest BCUT2D eigenvalue weighted by molar-refractivity contribution is 6.30. The van der Waals surface area contributed by atoms with E-state index in [2.05, 4.69) is 17.9 Å². The second-order valence-electron chi connectivity index (χ2n) is 6.22. The minimum Gasteiger partial charge on any atom is -0.379 e. The van der Waals surface area contributed by atoms with Gasteiger partial charge in [-0.1, -0.05) is 37.1 Å². The number of carbonyl (C=O) groups is 1. The van der Waals surface area contributed by atoms with Gasteiger partial charge in [0.1, 0.15) is 11.3 Å². The Labute approximate surface area is 149 Å². The van der Waals surface area contributed by atoms with Crippen LogP contribution in [0.15, 0.2) is 24.3 Å². The molecule has 0 radical (unpaired) electrons. The van der Waals surface area contributed by atoms with E-state index in [9.17, 15) is 10.1 Å². The van der Waals surface area contributed by atoms with Crippen molar-refractivity contribution < 1.29 is 9.53 Å². The lowest BCUT2D eigenvalue weighted by Crippen LogP contribution is -2.51. The number of morpholine rings is 1. The molecule has 24 heavy (non-hydrogen) atoms. The Hall–Kier alpha value is -1.41. The molecule has 5 heteroatoms. The molecule has 1 atom stereocenters. The summed E-state index contributed by atoms with van der Waals surface area (Å²) in [5.74, 6) is 0.228. The number of ketones is 1. The van der Waals surface area contributed by atoms with Crippen molar-refractivity contribution in [1.29, 1.82) is 5.26 Å². The second kappa shape index (κ2) is 9.17. The van der Waals surface area contributed by atoms with Crippen molar-refractivity contribution in [1.82, 2.24) is 4.90 Å². The summed E-state index contributed by atoms with van der Waals surface area (Å²) in [4.78, 5) is 14.3. The number of hydrogen-bond donors (Lipinski definition) is 0. The predicted octanol–water partition coefficient (Wildman–Crippen LogP) is 3.93. The summed E-state index contributed by atoms with van der Waals surface area (Å²) in [6.07, 6.45) is 3.42. The van der Waals surface area contributed by atoms with E-state index in [1.54, 1.807) is 6.07 Å². The molecule has 0 amide bonds. The fourth-order valence-electron chi connectivity index (χ4n) is 3.19. The van der Waals surface area contributed by atoms with E-state index < -0.39 is 5.54 Å². The zero-order chi connectivity index (χ0) is 17.4. The molecule has 1 aliphatic heterocycles. The Morgan fingerprint density at radius 1 is 1.38 bits per heavy atom. The molecule has 130 valence electrons. The number of Topliss-reactive ketones (excluding diaryl/α,β-unsaturated/α-hetero) is 1. The molecule has 1 aromatic carbocycles. The standard InChI is InChI=1S/C19H25ClN2O2/c1-2-3-7-18(23)8-9-19(15-21,22-10-12-24-13-11-22)16-5-4-6-17(20)14-16/h4-6,14H,2-3,7-13H2,1H3. The van der Waals surface area contributed by atoms with Crippen molar-refractivity contribution in [2.75, 3.05) is 26.3 Å². The Morgan fingerprint density at radius 3 is 2.75 bits per heavy atom. The van der Waals surface area contributed by atoms with Gasteiger partial charge in [0.2, 0.25) is 0 Å². The lowest BCUT2D eigenvalue weighted by molar-refractivity contribution is -0.120. The van der Waals surface area contributed by atoms with Crippen molar-refractivity contribution in [3.8, 4) is 6.07 Å². The maximum absolute atomic E-state index is 12.2. The molecule has 1 aliphatic rings. The molecule has 0 spiro atoms. The van der Waals surface area contributed by atoms with Gasteiger partial charge in [-0.3, -0.25) is 9.69 Å². The molecule has 0 saturated carbocycles. The van der Waals surface area contributed by atoms with Crippen molar-refractivity contribution in [3.05, 3.63) is 34.9 Å². The molecule has 0 bridgehead atoms. The van der Waals surface area contributed by atoms with Crippen molar-refractivity contribution in [2.24, 2.45) is 0 Å². The fourth-order valence-corrected chi connectivity index (χ4v) is 3.38. The Balaban J connectivity index is 2.26. The molecule has 0 aliphatic carbocycles. The van der Waals surface area contributed by atoms with Crippen LogP contribution in [-0.2, 0) is 15.1 Å². The Bertz CT molecular complexity index is 593. The lowest BCUT2D eigenvalue weighted by atomic mass is 9.83. The first-order chi connectivity index (χ1) is 11.6. The molecule has 0 aromatic heterocycles. The van der Waals surface area contributed by atoms with Crippen LogP contribution in [0, 0.1) is 11.3 Å². The molecule has 0 N–H and O–H groups in total. The Kier molecular flexibility index (Phi) is 7.23. The summed E-state index contributed by atoms with van der Waals surface area (Å²) < 4.78 is 5.43. The first-order valence-electron chi connectivity index (χ1n) is 8.64. The third-order valence-electron chi connectivity index (χ3n) is 4.61. The maximum Gasteiger partial charge on any atom is 0.135 e. The summed E-state index contributed by atoms with van der Waals surface area (Å²) in [6.45, 7) is 4.65. The van der Waals surface area contributed by atoms with Crippen LogP contribution >= 0.6 is 11.6 Å². The molecule has 1 unspecified atom stereocenters. The number of unbranched alkanes of at least 4 members (excludes halogenated alkanes) is 1. The zero-order valence-electron chi connectivity index (χ0n) is 14.3. The lowest BCUT2D eigenvalue weighted by Gasteiger charge is -2.41. The van der Waals surface area contributed by atoms with Crippen LogP contribution in [0.2, 0.25) is 5.02 Å². The molecule has 1 fully saturated rings. The third-order valence-corrected chi connectivity index (χ3v) is 4.85. The predicted molar refractivity (Wildman–Crippen MR) is 94.9 cm³/mol. The zero-order valence-corrected chi connectivity index (χ0v) is 15.0. The highest BCUT2D eigenvalue weighted by atomic mass is 35.5. The van der Waals surface area contributed by atoms with Gasteiger partial charge in [-0.15, -0.1) is 0 Å². The average Bonchev–Trinajstić information content (AvgIpc) is 2.62. The fraction of sp³-hybridized carbons (Fsp3) is 0.579. The maximum atomic E-state index is 12.2. The van der Waals surface area contributed by atoms with Crippen LogP contribution < -0.4 is 0 Å². The average molecular weight is 349 g/mol. The number of nitrogens with zero attached hydrogens (tertiary/aromatic N) is 2. The van der Waals surface area contributed by atoms with E-state index in [4.69, 9.17) is 16.3 Å². The second-order valence-corrected chi connectivity index (χ2v) is 6.66. The van der Waals surface area contributed by atoms with Crippen LogP contribution in [0.3, 0.4) is 0 Å². The van der Waals surface area contributed by atoms with E-state index in [0.29, 0.717) is 50.6 Å². The van der Waals surface area contributed by atoms with Gasteiger partial charge in [0.15, 0.2) is 0 Å². The monoisotopic (exact) mass is 348 g/mol. The SMILES string of the molecule is CCCCC(=O)CCC(C#N)(c1cccc(Cl)c1)N1CCOCC1. The van der Waals surface area contributed by atoms with Gasteiger partial charge in [0.25, 0.3) is 0 Å². The third kappa shape index (κ3) is 4.57. The van der Waals surface area contributed by atoms with Crippen molar-refractivity contribution in [3.63, 3.8) is 0 Å². The number of carbonyl (C=O) groups excluding carboxylic acids is 1. The number of ether oxygens (including phenoxy) is 1. The number of rotatable bonds is 8. The molecule has 1 heterocycles. The highest BCUT2D eigenvalue weighted by Crippen LogP contribution is 2.35. The summed E-state index contributed by atoms with van der Waals surface area (Å²) in [6, 6.07) is 9.94. The van der Waals surface area contributed by atoms with E-state index in [1.807, 2.05) is 18.2 Å². The summed E-state index contributed by atoms with van der Waals surface area (Å²) in [7, 11) is 0. The van der Waals surface area contributed by atoms with Gasteiger partial charge in [0, 0.05) is 31.0 Å². The van der Waals surface area contributed by atoms with Gasteiger partial charge >= 0.3 is 0 Å². The van der Waals surface area contributed by atoms with Crippen LogP contribution in [0.25, 0.3) is 0 Å². The van der Waals surface area contributed by atoms with E-state index in [-0.39, 0.29) is 5.78 Å². The minimum absolute atomic E-state index is 0.228. The quantitative estimate of drug-likeness (QED) is 0.714. The van der Waals surface area contributed by atoms with Crippen LogP contribution in [0.4, 0.5) is 0 Å². The van der Waals surface area contributed by atoms with E-state index in [1.165, 1.54) is 0 Å². The summed E-state index contributed by atoms with van der Waals surface area (Å²) >= 11 is 6.16. The van der Waals surface area contributed by atoms with Crippen LogP contribution in [0.1, 0.15) is 44.6 Å². The largest absolute Gasteiger partial charge is 0.379 e. The first-order valence-corrected chi connectivity index (χ1v) is 9.02. The van der Waals surface area contributed by atoms with Gasteiger partial charge in [-0.05, 0) is 30.5 Å².